The molecular weight excluding hydrogens is 344 g/mol. The van der Waals surface area contributed by atoms with Gasteiger partial charge in [-0.3, -0.25) is 4.79 Å². The topological polar surface area (TPSA) is 76.2 Å². The lowest BCUT2D eigenvalue weighted by atomic mass is 10.1. The molecule has 1 amide bonds. The molecule has 140 valence electrons. The minimum absolute atomic E-state index is 0.0293. The highest BCUT2D eigenvalue weighted by atomic mass is 32.2. The van der Waals surface area contributed by atoms with E-state index in [1.165, 1.54) is 10.6 Å². The SMILES string of the molecule is COc1cccc(CCN(CCC(=O)N2CCOCC2)S(C)(=O)=O)c1. The monoisotopic (exact) mass is 370 g/mol. The summed E-state index contributed by atoms with van der Waals surface area (Å²) in [6.45, 7) is 2.75. The van der Waals surface area contributed by atoms with Gasteiger partial charge in [0, 0.05) is 32.6 Å². The maximum absolute atomic E-state index is 12.2. The van der Waals surface area contributed by atoms with E-state index in [2.05, 4.69) is 0 Å². The zero-order chi connectivity index (χ0) is 18.3. The Morgan fingerprint density at radius 1 is 1.28 bits per heavy atom. The number of hydrogen-bond donors (Lipinski definition) is 0. The third-order valence-corrected chi connectivity index (χ3v) is 5.50. The standard InChI is InChI=1S/C17H26N2O5S/c1-23-16-5-3-4-15(14-16)6-8-19(25(2,21)22)9-7-17(20)18-10-12-24-13-11-18/h3-5,14H,6-13H2,1-2H3. The Kier molecular flexibility index (Phi) is 7.22. The number of carbonyl (C=O) groups is 1. The maximum atomic E-state index is 12.2. The summed E-state index contributed by atoms with van der Waals surface area (Å²) in [7, 11) is -1.77. The number of benzene rings is 1. The fourth-order valence-electron chi connectivity index (χ4n) is 2.72. The summed E-state index contributed by atoms with van der Waals surface area (Å²) in [6, 6.07) is 7.54. The van der Waals surface area contributed by atoms with Crippen molar-refractivity contribution in [1.82, 2.24) is 9.21 Å². The van der Waals surface area contributed by atoms with Gasteiger partial charge < -0.3 is 14.4 Å². The summed E-state index contributed by atoms with van der Waals surface area (Å²) < 4.78 is 35.8. The molecule has 1 aromatic rings. The number of amides is 1. The van der Waals surface area contributed by atoms with E-state index in [-0.39, 0.29) is 18.9 Å². The van der Waals surface area contributed by atoms with Gasteiger partial charge in [0.1, 0.15) is 5.75 Å². The summed E-state index contributed by atoms with van der Waals surface area (Å²) in [5.74, 6) is 0.712. The van der Waals surface area contributed by atoms with Crippen LogP contribution in [0, 0.1) is 0 Å². The van der Waals surface area contributed by atoms with E-state index >= 15 is 0 Å². The number of ether oxygens (including phenoxy) is 2. The predicted octanol–water partition coefficient (Wildman–Crippen LogP) is 0.748. The second kappa shape index (κ2) is 9.17. The Balaban J connectivity index is 1.91. The molecule has 0 spiro atoms. The van der Waals surface area contributed by atoms with Crippen molar-refractivity contribution in [2.24, 2.45) is 0 Å². The molecule has 0 saturated carbocycles. The van der Waals surface area contributed by atoms with Crippen molar-refractivity contribution in [2.75, 3.05) is 52.8 Å². The molecule has 1 aliphatic rings. The van der Waals surface area contributed by atoms with Crippen LogP contribution in [0.1, 0.15) is 12.0 Å². The molecule has 0 aliphatic carbocycles. The van der Waals surface area contributed by atoms with E-state index in [0.29, 0.717) is 39.3 Å². The molecule has 0 bridgehead atoms. The molecule has 7 nitrogen and oxygen atoms in total. The second-order valence-corrected chi connectivity index (χ2v) is 7.99. The summed E-state index contributed by atoms with van der Waals surface area (Å²) in [5, 5.41) is 0. The molecule has 1 heterocycles. The van der Waals surface area contributed by atoms with Gasteiger partial charge in [-0.2, -0.15) is 0 Å². The van der Waals surface area contributed by atoms with Gasteiger partial charge in [-0.25, -0.2) is 12.7 Å². The molecule has 1 saturated heterocycles. The summed E-state index contributed by atoms with van der Waals surface area (Å²) in [4.78, 5) is 13.9. The zero-order valence-electron chi connectivity index (χ0n) is 14.8. The van der Waals surface area contributed by atoms with Crippen LogP contribution in [0.2, 0.25) is 0 Å². The molecule has 1 aromatic carbocycles. The normalized spacial score (nSPS) is 15.4. The van der Waals surface area contributed by atoms with Crippen LogP contribution < -0.4 is 4.74 Å². The number of rotatable bonds is 8. The Bertz CT molecular complexity index is 671. The van der Waals surface area contributed by atoms with Gasteiger partial charge in [0.15, 0.2) is 0 Å². The number of methoxy groups -OCH3 is 1. The highest BCUT2D eigenvalue weighted by Crippen LogP contribution is 2.14. The molecule has 0 N–H and O–H groups in total. The summed E-state index contributed by atoms with van der Waals surface area (Å²) in [6.07, 6.45) is 1.93. The van der Waals surface area contributed by atoms with E-state index < -0.39 is 10.0 Å². The molecule has 2 rings (SSSR count). The van der Waals surface area contributed by atoms with Gasteiger partial charge in [-0.05, 0) is 24.1 Å². The third-order valence-electron chi connectivity index (χ3n) is 4.19. The first-order chi connectivity index (χ1) is 11.9. The first kappa shape index (κ1) is 19.7. The van der Waals surface area contributed by atoms with Gasteiger partial charge in [-0.15, -0.1) is 0 Å². The highest BCUT2D eigenvalue weighted by molar-refractivity contribution is 7.88. The number of hydrogen-bond acceptors (Lipinski definition) is 5. The quantitative estimate of drug-likeness (QED) is 0.675. The predicted molar refractivity (Wildman–Crippen MR) is 95.1 cm³/mol. The van der Waals surface area contributed by atoms with E-state index in [9.17, 15) is 13.2 Å². The van der Waals surface area contributed by atoms with E-state index in [1.54, 1.807) is 12.0 Å². The summed E-state index contributed by atoms with van der Waals surface area (Å²) >= 11 is 0. The van der Waals surface area contributed by atoms with Crippen LogP contribution in [0.4, 0.5) is 0 Å². The Morgan fingerprint density at radius 3 is 2.64 bits per heavy atom. The Morgan fingerprint density at radius 2 is 2.00 bits per heavy atom. The molecular formula is C17H26N2O5S. The highest BCUT2D eigenvalue weighted by Gasteiger charge is 2.21. The first-order valence-corrected chi connectivity index (χ1v) is 10.2. The van der Waals surface area contributed by atoms with Crippen LogP contribution in [0.15, 0.2) is 24.3 Å². The van der Waals surface area contributed by atoms with Crippen LogP contribution in [0.5, 0.6) is 5.75 Å². The van der Waals surface area contributed by atoms with Crippen molar-refractivity contribution in [3.63, 3.8) is 0 Å². The van der Waals surface area contributed by atoms with Crippen molar-refractivity contribution < 1.29 is 22.7 Å². The minimum Gasteiger partial charge on any atom is -0.497 e. The molecule has 0 aromatic heterocycles. The van der Waals surface area contributed by atoms with Crippen molar-refractivity contribution in [3.8, 4) is 5.75 Å². The molecule has 1 fully saturated rings. The van der Waals surface area contributed by atoms with Gasteiger partial charge >= 0.3 is 0 Å². The molecule has 25 heavy (non-hydrogen) atoms. The fraction of sp³-hybridized carbons (Fsp3) is 0.588. The number of carbonyl (C=O) groups excluding carboxylic acids is 1. The Hall–Kier alpha value is -1.64. The summed E-state index contributed by atoms with van der Waals surface area (Å²) in [5.41, 5.74) is 0.993. The van der Waals surface area contributed by atoms with Crippen molar-refractivity contribution >= 4 is 15.9 Å². The van der Waals surface area contributed by atoms with Gasteiger partial charge in [0.05, 0.1) is 26.6 Å². The van der Waals surface area contributed by atoms with Crippen LogP contribution >= 0.6 is 0 Å². The number of sulfonamides is 1. The molecule has 0 unspecified atom stereocenters. The Labute approximate surface area is 149 Å². The van der Waals surface area contributed by atoms with Crippen LogP contribution in [0.3, 0.4) is 0 Å². The van der Waals surface area contributed by atoms with Crippen LogP contribution in [-0.2, 0) is 26.0 Å². The minimum atomic E-state index is -3.37. The van der Waals surface area contributed by atoms with Gasteiger partial charge in [0.2, 0.25) is 15.9 Å². The third kappa shape index (κ3) is 6.30. The van der Waals surface area contributed by atoms with Crippen molar-refractivity contribution in [3.05, 3.63) is 29.8 Å². The number of morpholine rings is 1. The lowest BCUT2D eigenvalue weighted by Gasteiger charge is -2.28. The maximum Gasteiger partial charge on any atom is 0.224 e. The smallest absolute Gasteiger partial charge is 0.224 e. The number of nitrogens with zero attached hydrogens (tertiary/aromatic N) is 2. The average molecular weight is 370 g/mol. The van der Waals surface area contributed by atoms with E-state index in [4.69, 9.17) is 9.47 Å². The van der Waals surface area contributed by atoms with E-state index in [0.717, 1.165) is 11.3 Å². The molecule has 1 aliphatic heterocycles. The lowest BCUT2D eigenvalue weighted by molar-refractivity contribution is -0.135. The van der Waals surface area contributed by atoms with Gasteiger partial charge in [0.25, 0.3) is 0 Å². The molecule has 0 atom stereocenters. The average Bonchev–Trinajstić information content (AvgIpc) is 2.61. The van der Waals surface area contributed by atoms with Gasteiger partial charge in [-0.1, -0.05) is 12.1 Å². The van der Waals surface area contributed by atoms with Crippen molar-refractivity contribution in [2.45, 2.75) is 12.8 Å². The van der Waals surface area contributed by atoms with Crippen LogP contribution in [-0.4, -0.2) is 76.3 Å². The molecule has 8 heteroatoms. The van der Waals surface area contributed by atoms with Crippen molar-refractivity contribution in [1.29, 1.82) is 0 Å². The lowest BCUT2D eigenvalue weighted by Crippen LogP contribution is -2.42. The van der Waals surface area contributed by atoms with E-state index in [1.807, 2.05) is 24.3 Å². The largest absolute Gasteiger partial charge is 0.497 e. The van der Waals surface area contributed by atoms with Crippen LogP contribution in [0.25, 0.3) is 0 Å². The fourth-order valence-corrected chi connectivity index (χ4v) is 3.56. The second-order valence-electron chi connectivity index (χ2n) is 6.01. The molecule has 0 radical (unpaired) electrons. The zero-order valence-corrected chi connectivity index (χ0v) is 15.6. The first-order valence-electron chi connectivity index (χ1n) is 8.33.